The molecule has 0 bridgehead atoms. The van der Waals surface area contributed by atoms with Crippen LogP contribution in [0.4, 0.5) is 0 Å². The fourth-order valence-corrected chi connectivity index (χ4v) is 2.09. The summed E-state index contributed by atoms with van der Waals surface area (Å²) in [6.07, 6.45) is 17.9. The molecule has 0 saturated heterocycles. The maximum absolute atomic E-state index is 11.6. The van der Waals surface area contributed by atoms with E-state index >= 15 is 0 Å². The van der Waals surface area contributed by atoms with Crippen molar-refractivity contribution in [3.8, 4) is 0 Å². The number of carbonyl (C=O) groups is 1. The van der Waals surface area contributed by atoms with Crippen LogP contribution < -0.4 is 5.32 Å². The Morgan fingerprint density at radius 3 is 2.11 bits per heavy atom. The van der Waals surface area contributed by atoms with Gasteiger partial charge in [-0.05, 0) is 32.1 Å². The lowest BCUT2D eigenvalue weighted by molar-refractivity contribution is -0.118. The van der Waals surface area contributed by atoms with Gasteiger partial charge < -0.3 is 5.32 Å². The molecule has 2 heteroatoms. The van der Waals surface area contributed by atoms with Crippen LogP contribution in [0.15, 0.2) is 0 Å². The first kappa shape index (κ1) is 15.5. The maximum Gasteiger partial charge on any atom is 0.227 e. The number of hydrogen-bond acceptors (Lipinski definition) is 1. The van der Waals surface area contributed by atoms with Gasteiger partial charge >= 0.3 is 0 Å². The molecule has 0 aromatic rings. The van der Waals surface area contributed by atoms with Crippen molar-refractivity contribution < 1.29 is 4.79 Å². The maximum atomic E-state index is 11.6. The van der Waals surface area contributed by atoms with Gasteiger partial charge in [-0.15, -0.1) is 0 Å². The van der Waals surface area contributed by atoms with Gasteiger partial charge in [-0.3, -0.25) is 4.79 Å². The van der Waals surface area contributed by atoms with Gasteiger partial charge in [0.25, 0.3) is 0 Å². The topological polar surface area (TPSA) is 29.1 Å². The second-order valence-corrected chi connectivity index (χ2v) is 4.90. The van der Waals surface area contributed by atoms with Crippen LogP contribution in [-0.4, -0.2) is 12.5 Å². The molecule has 1 aliphatic carbocycles. The molecule has 18 heavy (non-hydrogen) atoms. The lowest BCUT2D eigenvalue weighted by Crippen LogP contribution is -2.29. The molecule has 0 unspecified atom stereocenters. The molecule has 0 aromatic carbocycles. The second-order valence-electron chi connectivity index (χ2n) is 4.90. The number of rotatable bonds is 10. The summed E-state index contributed by atoms with van der Waals surface area (Å²) >= 11 is 0. The molecular formula is C16H26NO. The van der Waals surface area contributed by atoms with Crippen LogP contribution in [0.5, 0.6) is 0 Å². The van der Waals surface area contributed by atoms with Crippen LogP contribution in [0.3, 0.4) is 0 Å². The largest absolute Gasteiger partial charge is 0.356 e. The number of hydrogen-bond donors (Lipinski definition) is 1. The molecular weight excluding hydrogens is 222 g/mol. The van der Waals surface area contributed by atoms with Crippen molar-refractivity contribution in [1.82, 2.24) is 5.32 Å². The monoisotopic (exact) mass is 248 g/mol. The summed E-state index contributed by atoms with van der Waals surface area (Å²) < 4.78 is 0. The Hall–Kier alpha value is -0.530. The first-order chi connectivity index (χ1) is 8.84. The molecule has 1 amide bonds. The van der Waals surface area contributed by atoms with Crippen LogP contribution >= 0.6 is 0 Å². The van der Waals surface area contributed by atoms with E-state index in [-0.39, 0.29) is 5.91 Å². The van der Waals surface area contributed by atoms with Gasteiger partial charge in [0.2, 0.25) is 5.91 Å². The van der Waals surface area contributed by atoms with E-state index in [1.807, 2.05) is 25.7 Å². The van der Waals surface area contributed by atoms with Crippen LogP contribution in [-0.2, 0) is 4.79 Å². The minimum atomic E-state index is 0.0583. The Morgan fingerprint density at radius 1 is 0.944 bits per heavy atom. The van der Waals surface area contributed by atoms with Gasteiger partial charge in [-0.1, -0.05) is 51.9 Å². The van der Waals surface area contributed by atoms with Crippen LogP contribution in [0, 0.1) is 31.6 Å². The van der Waals surface area contributed by atoms with E-state index in [9.17, 15) is 4.79 Å². The molecule has 1 fully saturated rings. The summed E-state index contributed by atoms with van der Waals surface area (Å²) in [5, 5.41) is 2.96. The Kier molecular flexibility index (Phi) is 8.97. The van der Waals surface area contributed by atoms with Crippen LogP contribution in [0.1, 0.15) is 58.3 Å². The zero-order valence-electron chi connectivity index (χ0n) is 11.6. The fourth-order valence-electron chi connectivity index (χ4n) is 2.09. The van der Waals surface area contributed by atoms with Gasteiger partial charge in [0.05, 0.1) is 5.92 Å². The van der Waals surface area contributed by atoms with Crippen molar-refractivity contribution in [3.05, 3.63) is 31.6 Å². The van der Waals surface area contributed by atoms with E-state index in [2.05, 4.69) is 12.2 Å². The Labute approximate surface area is 113 Å². The highest BCUT2D eigenvalue weighted by molar-refractivity contribution is 5.95. The molecule has 0 aliphatic heterocycles. The molecule has 5 radical (unpaired) electrons. The minimum Gasteiger partial charge on any atom is -0.356 e. The average molecular weight is 248 g/mol. The van der Waals surface area contributed by atoms with Gasteiger partial charge in [0.15, 0.2) is 0 Å². The van der Waals surface area contributed by atoms with Crippen LogP contribution in [0.2, 0.25) is 0 Å². The quantitative estimate of drug-likeness (QED) is 0.587. The second kappa shape index (κ2) is 10.4. The third-order valence-electron chi connectivity index (χ3n) is 3.24. The van der Waals surface area contributed by atoms with Crippen molar-refractivity contribution >= 4 is 5.91 Å². The number of carbonyl (C=O) groups excluding carboxylic acids is 1. The summed E-state index contributed by atoms with van der Waals surface area (Å²) in [5.74, 6) is 0.831. The Bertz CT molecular complexity index is 209. The van der Waals surface area contributed by atoms with E-state index in [4.69, 9.17) is 0 Å². The molecule has 1 N–H and O–H groups in total. The number of amides is 1. The van der Waals surface area contributed by atoms with Gasteiger partial charge in [-0.2, -0.15) is 0 Å². The highest BCUT2D eigenvalue weighted by atomic mass is 16.1. The summed E-state index contributed by atoms with van der Waals surface area (Å²) in [6.45, 7) is 3.05. The van der Waals surface area contributed by atoms with E-state index in [1.165, 1.54) is 44.9 Å². The smallest absolute Gasteiger partial charge is 0.227 e. The number of unbranched alkanes of at least 4 members (excludes halogenated alkanes) is 7. The third-order valence-corrected chi connectivity index (χ3v) is 3.24. The normalized spacial score (nSPS) is 16.1. The first-order valence-electron chi connectivity index (χ1n) is 7.34. The lowest BCUT2D eigenvalue weighted by Gasteiger charge is -2.09. The third kappa shape index (κ3) is 7.03. The Morgan fingerprint density at radius 2 is 1.50 bits per heavy atom. The molecule has 1 aliphatic rings. The number of nitrogens with one attached hydrogen (secondary N) is 1. The fraction of sp³-hybridized carbons (Fsp3) is 0.625. The molecule has 0 spiro atoms. The average Bonchev–Trinajstić information content (AvgIpc) is 2.90. The predicted octanol–water partition coefficient (Wildman–Crippen LogP) is 3.65. The van der Waals surface area contributed by atoms with E-state index < -0.39 is 0 Å². The molecule has 0 atom stereocenters. The summed E-state index contributed by atoms with van der Waals surface area (Å²) in [6, 6.07) is 0. The van der Waals surface area contributed by atoms with Crippen molar-refractivity contribution in [1.29, 1.82) is 0 Å². The Balaban J connectivity index is 1.82. The highest BCUT2D eigenvalue weighted by Gasteiger charge is 2.23. The van der Waals surface area contributed by atoms with Crippen molar-refractivity contribution in [3.63, 3.8) is 0 Å². The van der Waals surface area contributed by atoms with Gasteiger partial charge in [-0.25, -0.2) is 0 Å². The first-order valence-corrected chi connectivity index (χ1v) is 7.34. The van der Waals surface area contributed by atoms with E-state index in [0.29, 0.717) is 0 Å². The molecule has 1 rings (SSSR count). The van der Waals surface area contributed by atoms with Crippen molar-refractivity contribution in [2.75, 3.05) is 6.54 Å². The standard InChI is InChI=1S/C16H26NO/c1-2-3-4-5-6-7-8-11-14-17-16(18)15-12-9-10-13-15/h9-10,12-13H,2-8,11,14H2,1H3,(H,17,18). The predicted molar refractivity (Wildman–Crippen MR) is 76.1 cm³/mol. The zero-order chi connectivity index (χ0) is 13.1. The van der Waals surface area contributed by atoms with Gasteiger partial charge in [0.1, 0.15) is 0 Å². The van der Waals surface area contributed by atoms with Crippen molar-refractivity contribution in [2.45, 2.75) is 58.3 Å². The molecule has 0 aromatic heterocycles. The molecule has 1 saturated carbocycles. The van der Waals surface area contributed by atoms with E-state index in [0.717, 1.165) is 18.9 Å². The van der Waals surface area contributed by atoms with Gasteiger partial charge in [0, 0.05) is 6.54 Å². The molecule has 2 nitrogen and oxygen atoms in total. The minimum absolute atomic E-state index is 0.0583. The van der Waals surface area contributed by atoms with Crippen LogP contribution in [0.25, 0.3) is 0 Å². The SMILES string of the molecule is CCCCCCCCCCNC(=O)[C]1[CH][CH][CH][CH]1. The molecule has 101 valence electrons. The zero-order valence-corrected chi connectivity index (χ0v) is 11.6. The summed E-state index contributed by atoms with van der Waals surface area (Å²) in [7, 11) is 0. The summed E-state index contributed by atoms with van der Waals surface area (Å²) in [5.41, 5.74) is 0. The van der Waals surface area contributed by atoms with E-state index in [1.54, 1.807) is 0 Å². The van der Waals surface area contributed by atoms with Crippen molar-refractivity contribution in [2.24, 2.45) is 0 Å². The lowest BCUT2D eigenvalue weighted by atomic mass is 10.1. The molecule has 0 heterocycles. The highest BCUT2D eigenvalue weighted by Crippen LogP contribution is 2.22. The summed E-state index contributed by atoms with van der Waals surface area (Å²) in [4.78, 5) is 11.6.